The second-order valence-electron chi connectivity index (χ2n) is 14.4. The van der Waals surface area contributed by atoms with E-state index in [1.165, 1.54) is 38.5 Å². The van der Waals surface area contributed by atoms with Gasteiger partial charge >= 0.3 is 5.97 Å². The molecule has 8 nitrogen and oxygen atoms in total. The number of aliphatic hydroxyl groups excluding tert-OH is 1. The van der Waals surface area contributed by atoms with Crippen molar-refractivity contribution in [2.24, 2.45) is 40.4 Å². The molecule has 42 heavy (non-hydrogen) atoms. The zero-order valence-corrected chi connectivity index (χ0v) is 26.9. The Hall–Kier alpha value is -1.48. The molecule has 4 fully saturated rings. The highest BCUT2D eigenvalue weighted by Crippen LogP contribution is 2.70. The van der Waals surface area contributed by atoms with E-state index in [4.69, 9.17) is 9.47 Å². The summed E-state index contributed by atoms with van der Waals surface area (Å²) >= 11 is 0. The molecule has 0 aromatic rings. The van der Waals surface area contributed by atoms with Crippen LogP contribution in [0, 0.1) is 40.4 Å². The fourth-order valence-electron chi connectivity index (χ4n) is 9.68. The first-order chi connectivity index (χ1) is 19.5. The molecule has 9 atom stereocenters. The normalized spacial score (nSPS) is 40.3. The molecule has 5 rings (SSSR count). The number of hydrogen-bond acceptors (Lipinski definition) is 6. The van der Waals surface area contributed by atoms with E-state index in [0.717, 1.165) is 69.1 Å². The van der Waals surface area contributed by atoms with Crippen LogP contribution in [0.4, 0.5) is 0 Å². The van der Waals surface area contributed by atoms with Crippen LogP contribution in [0.5, 0.6) is 0 Å². The summed E-state index contributed by atoms with van der Waals surface area (Å²) in [5, 5.41) is 26.5. The predicted molar refractivity (Wildman–Crippen MR) is 164 cm³/mol. The molecule has 4 aliphatic carbocycles. The minimum Gasteiger partial charge on any atom is -0.458 e. The van der Waals surface area contributed by atoms with Crippen molar-refractivity contribution in [3.63, 3.8) is 0 Å². The molecular formula is C34H59NO7. The Balaban J connectivity index is 0.000000297. The number of ether oxygens (including phenoxy) is 2. The average molecular weight is 594 g/mol. The minimum atomic E-state index is -0.844. The number of hydrogen-bond donors (Lipinski definition) is 3. The Bertz CT molecular complexity index is 954. The van der Waals surface area contributed by atoms with Gasteiger partial charge in [-0.2, -0.15) is 0 Å². The number of cyclic esters (lactones) is 1. The number of fused-ring (bicyclic) bond motifs is 5. The molecule has 0 radical (unpaired) electrons. The van der Waals surface area contributed by atoms with Crippen molar-refractivity contribution in [3.05, 3.63) is 11.6 Å². The number of nitrogens with one attached hydrogen (secondary N) is 1. The standard InChI is InChI=1S/C24H36O4.C10H21NO2.H2O/c1-14-6-8-22(2)16(10-14)4-5-18-19(22)12-20(25)23(3)17(7-9-24(18,23)27)15-11-21(26)28-13-15;1-3-10(12)11-8-6-4-5-7-9-13-2;/h11,14,16-20,25,27H,4-10,12-13H2,1-3H3;3-9H2,1-2H3,(H,11,12);1H2. The zero-order valence-electron chi connectivity index (χ0n) is 26.9. The van der Waals surface area contributed by atoms with Gasteiger partial charge in [0.15, 0.2) is 0 Å². The van der Waals surface area contributed by atoms with Crippen LogP contribution in [0.15, 0.2) is 11.6 Å². The number of carbonyl (C=O) groups is 2. The third-order valence-corrected chi connectivity index (χ3v) is 12.3. The molecule has 8 heteroatoms. The van der Waals surface area contributed by atoms with Crippen LogP contribution in [0.3, 0.4) is 0 Å². The monoisotopic (exact) mass is 593 g/mol. The largest absolute Gasteiger partial charge is 0.458 e. The summed E-state index contributed by atoms with van der Waals surface area (Å²) < 4.78 is 10.1. The number of rotatable bonds is 9. The van der Waals surface area contributed by atoms with Gasteiger partial charge in [-0.3, -0.25) is 4.79 Å². The van der Waals surface area contributed by atoms with Gasteiger partial charge in [-0.05, 0) is 98.4 Å². The quantitative estimate of drug-likeness (QED) is 0.261. The highest BCUT2D eigenvalue weighted by atomic mass is 16.5. The summed E-state index contributed by atoms with van der Waals surface area (Å²) in [4.78, 5) is 22.5. The Morgan fingerprint density at radius 3 is 2.48 bits per heavy atom. The smallest absolute Gasteiger partial charge is 0.331 e. The van der Waals surface area contributed by atoms with Crippen LogP contribution < -0.4 is 5.32 Å². The van der Waals surface area contributed by atoms with Crippen LogP contribution in [0.2, 0.25) is 0 Å². The van der Waals surface area contributed by atoms with Gasteiger partial charge in [0.25, 0.3) is 0 Å². The Morgan fingerprint density at radius 2 is 1.81 bits per heavy atom. The molecule has 1 heterocycles. The molecule has 0 bridgehead atoms. The fraction of sp³-hybridized carbons (Fsp3) is 0.882. The fourth-order valence-corrected chi connectivity index (χ4v) is 9.68. The number of carbonyl (C=O) groups excluding carboxylic acids is 2. The number of methoxy groups -OCH3 is 1. The number of esters is 1. The van der Waals surface area contributed by atoms with Gasteiger partial charge in [0.1, 0.15) is 6.61 Å². The van der Waals surface area contributed by atoms with Crippen molar-refractivity contribution < 1.29 is 34.8 Å². The minimum absolute atomic E-state index is 0. The lowest BCUT2D eigenvalue weighted by atomic mass is 9.42. The van der Waals surface area contributed by atoms with E-state index in [9.17, 15) is 19.8 Å². The number of amides is 1. The highest BCUT2D eigenvalue weighted by molar-refractivity contribution is 5.85. The molecule has 242 valence electrons. The van der Waals surface area contributed by atoms with Gasteiger partial charge in [0.05, 0.1) is 11.7 Å². The van der Waals surface area contributed by atoms with E-state index in [2.05, 4.69) is 26.1 Å². The summed E-state index contributed by atoms with van der Waals surface area (Å²) in [7, 11) is 1.72. The second-order valence-corrected chi connectivity index (χ2v) is 14.4. The molecule has 5 N–H and O–H groups in total. The summed E-state index contributed by atoms with van der Waals surface area (Å²) in [6, 6.07) is 0. The number of unbranched alkanes of at least 4 members (excludes halogenated alkanes) is 3. The SMILES string of the molecule is CC1CCC2(C)C(CCC3C2CC(O)C2(C)C(C4=CC(=O)OC4)CCC32O)C1.CCC(=O)NCCCCCCOC.O. The van der Waals surface area contributed by atoms with E-state index in [-0.39, 0.29) is 34.6 Å². The van der Waals surface area contributed by atoms with Gasteiger partial charge in [0.2, 0.25) is 5.91 Å². The molecule has 0 aromatic heterocycles. The Labute approximate surface area is 253 Å². The van der Waals surface area contributed by atoms with Gasteiger partial charge in [-0.25, -0.2) is 4.79 Å². The lowest BCUT2D eigenvalue weighted by Gasteiger charge is -2.65. The van der Waals surface area contributed by atoms with Gasteiger partial charge in [-0.15, -0.1) is 0 Å². The van der Waals surface area contributed by atoms with Crippen molar-refractivity contribution in [2.75, 3.05) is 26.9 Å². The predicted octanol–water partition coefficient (Wildman–Crippen LogP) is 4.75. The third-order valence-electron chi connectivity index (χ3n) is 12.3. The summed E-state index contributed by atoms with van der Waals surface area (Å²) in [5.41, 5.74) is -0.202. The van der Waals surface area contributed by atoms with Gasteiger partial charge in [0, 0.05) is 38.2 Å². The van der Waals surface area contributed by atoms with E-state index >= 15 is 0 Å². The maximum absolute atomic E-state index is 12.2. The van der Waals surface area contributed by atoms with Crippen LogP contribution in [-0.4, -0.2) is 66.1 Å². The molecule has 0 spiro atoms. The zero-order chi connectivity index (χ0) is 29.8. The van der Waals surface area contributed by atoms with E-state index in [1.54, 1.807) is 13.2 Å². The second kappa shape index (κ2) is 14.5. The molecule has 5 aliphatic rings. The molecule has 1 aliphatic heterocycles. The topological polar surface area (TPSA) is 137 Å². The van der Waals surface area contributed by atoms with Crippen molar-refractivity contribution in [1.29, 1.82) is 0 Å². The van der Waals surface area contributed by atoms with Crippen LogP contribution >= 0.6 is 0 Å². The lowest BCUT2D eigenvalue weighted by molar-refractivity contribution is -0.243. The summed E-state index contributed by atoms with van der Waals surface area (Å²) in [6.45, 7) is 10.8. The van der Waals surface area contributed by atoms with Crippen LogP contribution in [0.1, 0.15) is 111 Å². The molecule has 0 aromatic carbocycles. The number of aliphatic hydroxyl groups is 2. The maximum atomic E-state index is 12.2. The van der Waals surface area contributed by atoms with Crippen molar-refractivity contribution in [1.82, 2.24) is 5.32 Å². The lowest BCUT2D eigenvalue weighted by Crippen LogP contribution is -2.66. The van der Waals surface area contributed by atoms with E-state index < -0.39 is 17.1 Å². The molecule has 9 unspecified atom stereocenters. The first-order valence-corrected chi connectivity index (χ1v) is 16.5. The molecule has 4 saturated carbocycles. The molecular weight excluding hydrogens is 534 g/mol. The van der Waals surface area contributed by atoms with E-state index in [1.807, 2.05) is 6.92 Å². The van der Waals surface area contributed by atoms with Gasteiger partial charge < -0.3 is 30.5 Å². The highest BCUT2D eigenvalue weighted by Gasteiger charge is 2.70. The molecule has 0 saturated heterocycles. The van der Waals surface area contributed by atoms with Crippen molar-refractivity contribution in [3.8, 4) is 0 Å². The molecule has 1 amide bonds. The maximum Gasteiger partial charge on any atom is 0.331 e. The van der Waals surface area contributed by atoms with Gasteiger partial charge in [-0.1, -0.05) is 47.0 Å². The van der Waals surface area contributed by atoms with Crippen LogP contribution in [0.25, 0.3) is 0 Å². The van der Waals surface area contributed by atoms with Crippen molar-refractivity contribution >= 4 is 11.9 Å². The van der Waals surface area contributed by atoms with E-state index in [0.29, 0.717) is 18.9 Å². The summed E-state index contributed by atoms with van der Waals surface area (Å²) in [5.74, 6) is 2.12. The Morgan fingerprint density at radius 1 is 1.07 bits per heavy atom. The van der Waals surface area contributed by atoms with Crippen LogP contribution in [-0.2, 0) is 19.1 Å². The third kappa shape index (κ3) is 6.62. The Kier molecular flexibility index (Phi) is 12.1. The summed E-state index contributed by atoms with van der Waals surface area (Å²) in [6.07, 6.45) is 14.7. The first-order valence-electron chi connectivity index (χ1n) is 16.5. The average Bonchev–Trinajstić information content (AvgIpc) is 3.50. The van der Waals surface area contributed by atoms with Crippen molar-refractivity contribution in [2.45, 2.75) is 123 Å². The first kappa shape index (κ1) is 35.0.